The zero-order valence-electron chi connectivity index (χ0n) is 14.6. The molecule has 0 radical (unpaired) electrons. The van der Waals surface area contributed by atoms with Crippen LogP contribution < -0.4 is 5.73 Å². The number of carbonyl (C=O) groups excluding carboxylic acids is 2. The van der Waals surface area contributed by atoms with Crippen molar-refractivity contribution in [1.82, 2.24) is 4.90 Å². The van der Waals surface area contributed by atoms with E-state index >= 15 is 0 Å². The average molecular weight is 341 g/mol. The van der Waals surface area contributed by atoms with E-state index in [4.69, 9.17) is 10.7 Å². The quantitative estimate of drug-likeness (QED) is 0.647. The van der Waals surface area contributed by atoms with Gasteiger partial charge in [-0.05, 0) is 38.7 Å². The number of fused-ring (bicyclic) bond motifs is 1. The molecule has 6 heteroatoms. The number of aliphatic imine (C=N–C) groups is 1. The Bertz CT molecular complexity index is 787. The first kappa shape index (κ1) is 17.2. The van der Waals surface area contributed by atoms with E-state index in [0.29, 0.717) is 18.8 Å². The van der Waals surface area contributed by atoms with Crippen molar-refractivity contribution in [3.8, 4) is 0 Å². The van der Waals surface area contributed by atoms with E-state index in [1.165, 1.54) is 0 Å². The molecular formula is C19H23N3O3. The van der Waals surface area contributed by atoms with Crippen LogP contribution in [-0.4, -0.2) is 46.2 Å². The Morgan fingerprint density at radius 3 is 2.48 bits per heavy atom. The van der Waals surface area contributed by atoms with Crippen molar-refractivity contribution in [1.29, 1.82) is 0 Å². The van der Waals surface area contributed by atoms with Crippen molar-refractivity contribution in [2.75, 3.05) is 13.1 Å². The number of hydrogen-bond acceptors (Lipinski definition) is 4. The number of aliphatic hydroxyl groups is 1. The predicted octanol–water partition coefficient (Wildman–Crippen LogP) is 1.73. The topological polar surface area (TPSA) is 96.0 Å². The van der Waals surface area contributed by atoms with Gasteiger partial charge >= 0.3 is 0 Å². The first-order chi connectivity index (χ1) is 11.8. The van der Waals surface area contributed by atoms with Crippen LogP contribution in [0.1, 0.15) is 37.8 Å². The summed E-state index contributed by atoms with van der Waals surface area (Å²) >= 11 is 0. The van der Waals surface area contributed by atoms with E-state index in [-0.39, 0.29) is 11.5 Å². The van der Waals surface area contributed by atoms with Gasteiger partial charge in [0.1, 0.15) is 5.57 Å². The molecule has 0 aromatic heterocycles. The van der Waals surface area contributed by atoms with Crippen LogP contribution in [0, 0.1) is 0 Å². The zero-order chi connectivity index (χ0) is 18.2. The molecular weight excluding hydrogens is 318 g/mol. The summed E-state index contributed by atoms with van der Waals surface area (Å²) in [4.78, 5) is 31.0. The summed E-state index contributed by atoms with van der Waals surface area (Å²) < 4.78 is 0. The van der Waals surface area contributed by atoms with Crippen LogP contribution in [0.4, 0.5) is 0 Å². The molecule has 2 aliphatic rings. The highest BCUT2D eigenvalue weighted by Gasteiger charge is 2.35. The van der Waals surface area contributed by atoms with Gasteiger partial charge in [-0.2, -0.15) is 0 Å². The third kappa shape index (κ3) is 3.29. The number of benzene rings is 1. The van der Waals surface area contributed by atoms with Gasteiger partial charge in [0, 0.05) is 18.7 Å². The molecule has 6 nitrogen and oxygen atoms in total. The monoisotopic (exact) mass is 341 g/mol. The molecule has 2 aliphatic heterocycles. The maximum absolute atomic E-state index is 13.0. The lowest BCUT2D eigenvalue weighted by Gasteiger charge is -2.30. The van der Waals surface area contributed by atoms with Gasteiger partial charge in [-0.15, -0.1) is 0 Å². The molecule has 3 rings (SSSR count). The highest BCUT2D eigenvalue weighted by atomic mass is 16.3. The van der Waals surface area contributed by atoms with Gasteiger partial charge in [-0.25, -0.2) is 0 Å². The van der Waals surface area contributed by atoms with Crippen LogP contribution in [0.5, 0.6) is 0 Å². The van der Waals surface area contributed by atoms with Crippen LogP contribution in [0.3, 0.4) is 0 Å². The Hall–Kier alpha value is -2.63. The number of hydrogen-bond donors (Lipinski definition) is 2. The van der Waals surface area contributed by atoms with E-state index < -0.39 is 17.2 Å². The zero-order valence-corrected chi connectivity index (χ0v) is 14.6. The fraction of sp³-hybridized carbons (Fsp3) is 0.421. The smallest absolute Gasteiger partial charge is 0.284 e. The molecule has 2 amide bonds. The Labute approximate surface area is 147 Å². The predicted molar refractivity (Wildman–Crippen MR) is 95.4 cm³/mol. The first-order valence-electron chi connectivity index (χ1n) is 8.51. The van der Waals surface area contributed by atoms with Gasteiger partial charge in [0.2, 0.25) is 0 Å². The van der Waals surface area contributed by atoms with Crippen molar-refractivity contribution < 1.29 is 14.7 Å². The molecule has 3 N–H and O–H groups in total. The normalized spacial score (nSPS) is 19.8. The summed E-state index contributed by atoms with van der Waals surface area (Å²) in [7, 11) is 0. The van der Waals surface area contributed by atoms with E-state index in [1.54, 1.807) is 4.90 Å². The number of likely N-dealkylation sites (tertiary alicyclic amines) is 1. The van der Waals surface area contributed by atoms with Crippen molar-refractivity contribution >= 4 is 17.5 Å². The molecule has 2 heterocycles. The summed E-state index contributed by atoms with van der Waals surface area (Å²) in [6.45, 7) is 5.13. The number of amides is 2. The fourth-order valence-electron chi connectivity index (χ4n) is 3.48. The molecule has 0 atom stereocenters. The maximum atomic E-state index is 13.0. The molecule has 0 spiro atoms. The lowest BCUT2D eigenvalue weighted by molar-refractivity contribution is -0.126. The molecule has 1 aromatic rings. The molecule has 0 bridgehead atoms. The Morgan fingerprint density at radius 2 is 1.84 bits per heavy atom. The number of primary amides is 1. The average Bonchev–Trinajstić information content (AvgIpc) is 3.08. The van der Waals surface area contributed by atoms with E-state index in [9.17, 15) is 14.7 Å². The maximum Gasteiger partial charge on any atom is 0.284 e. The first-order valence-corrected chi connectivity index (χ1v) is 8.51. The highest BCUT2D eigenvalue weighted by molar-refractivity contribution is 6.31. The Morgan fingerprint density at radius 1 is 1.20 bits per heavy atom. The van der Waals surface area contributed by atoms with E-state index in [0.717, 1.165) is 30.4 Å². The molecule has 1 saturated heterocycles. The largest absolute Gasteiger partial charge is 0.502 e. The molecule has 25 heavy (non-hydrogen) atoms. The SMILES string of the molecule is CC1(C)Cc2ccccc2C(/C(C(=O)N2CCCC2)=C(/O)C(N)=O)=N1. The summed E-state index contributed by atoms with van der Waals surface area (Å²) in [5.41, 5.74) is 6.90. The van der Waals surface area contributed by atoms with Gasteiger partial charge in [0.05, 0.1) is 11.3 Å². The molecule has 1 aromatic carbocycles. The van der Waals surface area contributed by atoms with Crippen molar-refractivity contribution in [3.05, 3.63) is 46.7 Å². The molecule has 0 unspecified atom stereocenters. The van der Waals surface area contributed by atoms with E-state index in [2.05, 4.69) is 0 Å². The summed E-state index contributed by atoms with van der Waals surface area (Å²) in [5.74, 6) is -2.13. The van der Waals surface area contributed by atoms with Crippen LogP contribution >= 0.6 is 0 Å². The second kappa shape index (κ2) is 6.35. The van der Waals surface area contributed by atoms with Gasteiger partial charge in [0.15, 0.2) is 5.76 Å². The van der Waals surface area contributed by atoms with Crippen LogP contribution in [-0.2, 0) is 16.0 Å². The van der Waals surface area contributed by atoms with Crippen LogP contribution in [0.25, 0.3) is 0 Å². The molecule has 132 valence electrons. The number of rotatable bonds is 3. The summed E-state index contributed by atoms with van der Waals surface area (Å²) in [6, 6.07) is 7.61. The van der Waals surface area contributed by atoms with Crippen molar-refractivity contribution in [2.24, 2.45) is 10.7 Å². The van der Waals surface area contributed by atoms with Gasteiger partial charge in [-0.1, -0.05) is 24.3 Å². The molecule has 0 aliphatic carbocycles. The van der Waals surface area contributed by atoms with Gasteiger partial charge in [0.25, 0.3) is 11.8 Å². The van der Waals surface area contributed by atoms with Crippen molar-refractivity contribution in [3.63, 3.8) is 0 Å². The van der Waals surface area contributed by atoms with E-state index in [1.807, 2.05) is 38.1 Å². The lowest BCUT2D eigenvalue weighted by atomic mass is 9.84. The molecule has 0 saturated carbocycles. The Balaban J connectivity index is 2.18. The minimum atomic E-state index is -1.02. The van der Waals surface area contributed by atoms with Crippen LogP contribution in [0.2, 0.25) is 0 Å². The summed E-state index contributed by atoms with van der Waals surface area (Å²) in [5, 5.41) is 10.3. The second-order valence-electron chi connectivity index (χ2n) is 7.19. The lowest BCUT2D eigenvalue weighted by Crippen LogP contribution is -2.38. The fourth-order valence-corrected chi connectivity index (χ4v) is 3.48. The minimum Gasteiger partial charge on any atom is -0.502 e. The highest BCUT2D eigenvalue weighted by Crippen LogP contribution is 2.31. The van der Waals surface area contributed by atoms with Gasteiger partial charge < -0.3 is 15.7 Å². The number of carbonyl (C=O) groups is 2. The van der Waals surface area contributed by atoms with Crippen molar-refractivity contribution in [2.45, 2.75) is 38.6 Å². The Kier molecular flexibility index (Phi) is 4.37. The minimum absolute atomic E-state index is 0.0883. The number of nitrogens with zero attached hydrogens (tertiary/aromatic N) is 2. The van der Waals surface area contributed by atoms with Gasteiger partial charge in [-0.3, -0.25) is 14.6 Å². The third-order valence-electron chi connectivity index (χ3n) is 4.62. The number of nitrogens with two attached hydrogens (primary N) is 1. The van der Waals surface area contributed by atoms with Crippen LogP contribution in [0.15, 0.2) is 40.6 Å². The molecule has 1 fully saturated rings. The summed E-state index contributed by atoms with van der Waals surface area (Å²) in [6.07, 6.45) is 2.53. The second-order valence-corrected chi connectivity index (χ2v) is 7.19. The number of aliphatic hydroxyl groups excluding tert-OH is 1. The third-order valence-corrected chi connectivity index (χ3v) is 4.62. The standard InChI is InChI=1S/C19H23N3O3/c1-19(2)11-12-7-3-4-8-13(12)15(21-19)14(16(23)17(20)24)18(25)22-9-5-6-10-22/h3-4,7-8,23H,5-6,9-11H2,1-2H3,(H2,20,24)/b16-14-.